The number of likely N-dealkylation sites (tertiary alicyclic amines) is 1. The Kier molecular flexibility index (Phi) is 7.25. The third-order valence-corrected chi connectivity index (χ3v) is 5.18. The molecule has 0 saturated carbocycles. The van der Waals surface area contributed by atoms with Crippen LogP contribution in [0, 0.1) is 5.92 Å². The second kappa shape index (κ2) is 8.99. The molecule has 2 heterocycles. The Morgan fingerprint density at radius 1 is 1.12 bits per heavy atom. The number of hydrogen-bond donors (Lipinski definition) is 1. The van der Waals surface area contributed by atoms with Crippen molar-refractivity contribution in [2.75, 3.05) is 39.3 Å². The molecule has 1 amide bonds. The van der Waals surface area contributed by atoms with Gasteiger partial charge in [0.1, 0.15) is 0 Å². The van der Waals surface area contributed by atoms with Crippen molar-refractivity contribution >= 4 is 18.3 Å². The molecular weight excluding hydrogens is 338 g/mol. The Morgan fingerprint density at radius 2 is 1.76 bits per heavy atom. The Labute approximate surface area is 156 Å². The van der Waals surface area contributed by atoms with Crippen LogP contribution >= 0.6 is 12.4 Å². The van der Waals surface area contributed by atoms with E-state index in [4.69, 9.17) is 10.5 Å². The molecule has 1 aromatic carbocycles. The molecule has 5 nitrogen and oxygen atoms in total. The van der Waals surface area contributed by atoms with Crippen LogP contribution in [0.5, 0.6) is 0 Å². The van der Waals surface area contributed by atoms with Gasteiger partial charge < -0.3 is 15.4 Å². The maximum atomic E-state index is 12.7. The third kappa shape index (κ3) is 4.94. The molecule has 25 heavy (non-hydrogen) atoms. The van der Waals surface area contributed by atoms with E-state index in [0.29, 0.717) is 38.0 Å². The van der Waals surface area contributed by atoms with Gasteiger partial charge in [-0.1, -0.05) is 30.3 Å². The molecule has 2 N–H and O–H groups in total. The van der Waals surface area contributed by atoms with Gasteiger partial charge in [0.2, 0.25) is 5.91 Å². The van der Waals surface area contributed by atoms with E-state index in [9.17, 15) is 4.79 Å². The monoisotopic (exact) mass is 367 g/mol. The summed E-state index contributed by atoms with van der Waals surface area (Å²) in [5.74, 6) is 1.05. The van der Waals surface area contributed by atoms with Crippen molar-refractivity contribution in [1.29, 1.82) is 0 Å². The summed E-state index contributed by atoms with van der Waals surface area (Å²) in [6.45, 7) is 8.40. The minimum Gasteiger partial charge on any atom is -0.372 e. The number of ether oxygens (including phenoxy) is 1. The summed E-state index contributed by atoms with van der Waals surface area (Å²) in [6.07, 6.45) is 0.232. The second-order valence-corrected chi connectivity index (χ2v) is 7.26. The van der Waals surface area contributed by atoms with Gasteiger partial charge in [0.25, 0.3) is 0 Å². The Hall–Kier alpha value is -1.14. The molecular formula is C19H30ClN3O2. The number of carbonyl (C=O) groups is 1. The molecule has 3 rings (SSSR count). The predicted octanol–water partition coefficient (Wildman–Crippen LogP) is 1.72. The molecule has 0 bridgehead atoms. The van der Waals surface area contributed by atoms with E-state index in [1.807, 2.05) is 24.8 Å². The topological polar surface area (TPSA) is 58.8 Å². The maximum absolute atomic E-state index is 12.7. The number of nitrogens with zero attached hydrogens (tertiary/aromatic N) is 2. The molecule has 2 unspecified atom stereocenters. The number of benzene rings is 1. The lowest BCUT2D eigenvalue weighted by Gasteiger charge is -2.36. The first-order valence-corrected chi connectivity index (χ1v) is 8.97. The molecule has 140 valence electrons. The Balaban J connectivity index is 0.00000225. The molecule has 2 aliphatic rings. The molecule has 2 aliphatic heterocycles. The summed E-state index contributed by atoms with van der Waals surface area (Å²) in [6, 6.07) is 10.5. The van der Waals surface area contributed by atoms with Gasteiger partial charge in [0.15, 0.2) is 0 Å². The quantitative estimate of drug-likeness (QED) is 0.880. The van der Waals surface area contributed by atoms with Crippen LogP contribution < -0.4 is 5.73 Å². The van der Waals surface area contributed by atoms with Gasteiger partial charge in [-0.15, -0.1) is 12.4 Å². The maximum Gasteiger partial charge on any atom is 0.236 e. The summed E-state index contributed by atoms with van der Waals surface area (Å²) in [5, 5.41) is 0. The van der Waals surface area contributed by atoms with Gasteiger partial charge in [-0.2, -0.15) is 0 Å². The summed E-state index contributed by atoms with van der Waals surface area (Å²) >= 11 is 0. The second-order valence-electron chi connectivity index (χ2n) is 7.26. The fourth-order valence-electron chi connectivity index (χ4n) is 4.08. The van der Waals surface area contributed by atoms with E-state index in [2.05, 4.69) is 29.2 Å². The van der Waals surface area contributed by atoms with Crippen LogP contribution in [-0.4, -0.2) is 67.2 Å². The van der Waals surface area contributed by atoms with Gasteiger partial charge in [-0.25, -0.2) is 0 Å². The lowest BCUT2D eigenvalue weighted by Crippen LogP contribution is -2.50. The first-order chi connectivity index (χ1) is 11.6. The van der Waals surface area contributed by atoms with Crippen molar-refractivity contribution < 1.29 is 9.53 Å². The normalized spacial score (nSPS) is 30.1. The molecule has 0 aliphatic carbocycles. The number of carbonyl (C=O) groups excluding carboxylic acids is 1. The largest absolute Gasteiger partial charge is 0.372 e. The minimum absolute atomic E-state index is 0. The van der Waals surface area contributed by atoms with Gasteiger partial charge >= 0.3 is 0 Å². The molecule has 0 spiro atoms. The van der Waals surface area contributed by atoms with Gasteiger partial charge in [-0.05, 0) is 31.9 Å². The first-order valence-electron chi connectivity index (χ1n) is 8.97. The van der Waals surface area contributed by atoms with Gasteiger partial charge in [0.05, 0.1) is 18.8 Å². The highest BCUT2D eigenvalue weighted by Gasteiger charge is 2.35. The zero-order valence-corrected chi connectivity index (χ0v) is 16.0. The zero-order valence-electron chi connectivity index (χ0n) is 15.1. The highest BCUT2D eigenvalue weighted by Crippen LogP contribution is 2.31. The van der Waals surface area contributed by atoms with Crippen LogP contribution in [-0.2, 0) is 9.53 Å². The number of nitrogens with two attached hydrogens (primary N) is 1. The number of halogens is 1. The molecule has 2 saturated heterocycles. The van der Waals surface area contributed by atoms with E-state index in [-0.39, 0.29) is 30.5 Å². The number of morpholine rings is 1. The van der Waals surface area contributed by atoms with Crippen molar-refractivity contribution in [1.82, 2.24) is 9.80 Å². The molecule has 4 atom stereocenters. The van der Waals surface area contributed by atoms with Crippen LogP contribution in [0.15, 0.2) is 30.3 Å². The van der Waals surface area contributed by atoms with E-state index in [0.717, 1.165) is 13.1 Å². The average Bonchev–Trinajstić information content (AvgIpc) is 2.97. The van der Waals surface area contributed by atoms with Crippen LogP contribution in [0.4, 0.5) is 0 Å². The van der Waals surface area contributed by atoms with Crippen molar-refractivity contribution in [3.05, 3.63) is 35.9 Å². The fourth-order valence-corrected chi connectivity index (χ4v) is 4.08. The Morgan fingerprint density at radius 3 is 2.36 bits per heavy atom. The van der Waals surface area contributed by atoms with E-state index < -0.39 is 0 Å². The molecule has 2 fully saturated rings. The molecule has 1 aromatic rings. The number of rotatable bonds is 4. The average molecular weight is 368 g/mol. The van der Waals surface area contributed by atoms with Gasteiger partial charge in [-0.3, -0.25) is 9.69 Å². The van der Waals surface area contributed by atoms with Crippen molar-refractivity contribution in [2.45, 2.75) is 32.0 Å². The number of hydrogen-bond acceptors (Lipinski definition) is 4. The minimum atomic E-state index is 0. The summed E-state index contributed by atoms with van der Waals surface area (Å²) < 4.78 is 5.72. The van der Waals surface area contributed by atoms with E-state index in [1.165, 1.54) is 5.56 Å². The summed E-state index contributed by atoms with van der Waals surface area (Å²) in [4.78, 5) is 16.9. The van der Waals surface area contributed by atoms with E-state index >= 15 is 0 Å². The summed E-state index contributed by atoms with van der Waals surface area (Å²) in [7, 11) is 0. The smallest absolute Gasteiger partial charge is 0.236 e. The van der Waals surface area contributed by atoms with Crippen LogP contribution in [0.3, 0.4) is 0 Å². The third-order valence-electron chi connectivity index (χ3n) is 5.18. The van der Waals surface area contributed by atoms with Crippen molar-refractivity contribution in [3.63, 3.8) is 0 Å². The van der Waals surface area contributed by atoms with Crippen LogP contribution in [0.25, 0.3) is 0 Å². The summed E-state index contributed by atoms with van der Waals surface area (Å²) in [5.41, 5.74) is 7.33. The van der Waals surface area contributed by atoms with Crippen LogP contribution in [0.1, 0.15) is 25.3 Å². The van der Waals surface area contributed by atoms with Crippen molar-refractivity contribution in [3.8, 4) is 0 Å². The van der Waals surface area contributed by atoms with Crippen LogP contribution in [0.2, 0.25) is 0 Å². The molecule has 6 heteroatoms. The highest BCUT2D eigenvalue weighted by atomic mass is 35.5. The molecule has 0 radical (unpaired) electrons. The predicted molar refractivity (Wildman–Crippen MR) is 102 cm³/mol. The Bertz CT molecular complexity index is 547. The van der Waals surface area contributed by atoms with Gasteiger partial charge in [0, 0.05) is 32.1 Å². The first kappa shape index (κ1) is 20.2. The van der Waals surface area contributed by atoms with Crippen molar-refractivity contribution in [2.24, 2.45) is 11.7 Å². The van der Waals surface area contributed by atoms with E-state index in [1.54, 1.807) is 0 Å². The fraction of sp³-hybridized carbons (Fsp3) is 0.632. The lowest BCUT2D eigenvalue weighted by atomic mass is 9.89. The molecule has 0 aromatic heterocycles. The SMILES string of the molecule is CC1CN(C(=O)CN2C[C@@H](CN)[C@H](c3ccccc3)C2)CC(C)O1.Cl. The highest BCUT2D eigenvalue weighted by molar-refractivity contribution is 5.85. The lowest BCUT2D eigenvalue weighted by molar-refractivity contribution is -0.144. The zero-order chi connectivity index (χ0) is 17.1. The number of amides is 1. The standard InChI is InChI=1S/C19H29N3O2.ClH/c1-14-9-22(10-15(2)24-14)19(23)13-21-11-17(8-20)18(12-21)16-6-4-3-5-7-16;/h3-7,14-15,17-18H,8-13,20H2,1-2H3;1H/t14?,15?,17-,18+;/m1./s1.